The van der Waals surface area contributed by atoms with Crippen molar-refractivity contribution in [1.82, 2.24) is 5.32 Å². The van der Waals surface area contributed by atoms with E-state index in [0.717, 1.165) is 5.32 Å². The third-order valence-electron chi connectivity index (χ3n) is 1.58. The number of carbonyl (C=O) groups is 2. The molecule has 0 radical (unpaired) electrons. The Morgan fingerprint density at radius 3 is 1.88 bits per heavy atom. The van der Waals surface area contributed by atoms with E-state index in [4.69, 9.17) is 5.11 Å². The smallest absolute Gasteiger partial charge is 0.471 e. The van der Waals surface area contributed by atoms with Crippen molar-refractivity contribution >= 4 is 11.9 Å². The summed E-state index contributed by atoms with van der Waals surface area (Å²) in [5.41, 5.74) is 0. The number of carbonyl (C=O) groups excluding carboxylic acids is 1. The molecule has 0 bridgehead atoms. The minimum absolute atomic E-state index is 0.966. The van der Waals surface area contributed by atoms with Gasteiger partial charge in [0.25, 0.3) is 0 Å². The normalized spacial score (nSPS) is 14.2. The number of carboxylic acid groups (broad SMARTS) is 1. The SMILES string of the molecule is O=C(O)[C@@H](CCC(F)(F)F)NC(=O)C(F)(F)F. The van der Waals surface area contributed by atoms with Gasteiger partial charge in [-0.3, -0.25) is 4.79 Å². The van der Waals surface area contributed by atoms with Crippen LogP contribution in [0.25, 0.3) is 0 Å². The van der Waals surface area contributed by atoms with Crippen LogP contribution in [-0.2, 0) is 9.59 Å². The number of amides is 1. The summed E-state index contributed by atoms with van der Waals surface area (Å²) < 4.78 is 70.3. The van der Waals surface area contributed by atoms with Crippen molar-refractivity contribution in [2.45, 2.75) is 31.2 Å². The zero-order valence-corrected chi connectivity index (χ0v) is 8.02. The van der Waals surface area contributed by atoms with Gasteiger partial charge in [0.05, 0.1) is 0 Å². The molecule has 0 aliphatic carbocycles. The first kappa shape index (κ1) is 15.5. The van der Waals surface area contributed by atoms with E-state index in [2.05, 4.69) is 0 Å². The molecular formula is C7H7F6NO3. The first-order valence-electron chi connectivity index (χ1n) is 4.10. The third-order valence-corrected chi connectivity index (χ3v) is 1.58. The largest absolute Gasteiger partial charge is 0.480 e. The van der Waals surface area contributed by atoms with Crippen molar-refractivity contribution in [2.75, 3.05) is 0 Å². The van der Waals surface area contributed by atoms with Gasteiger partial charge in [-0.15, -0.1) is 0 Å². The lowest BCUT2D eigenvalue weighted by molar-refractivity contribution is -0.176. The van der Waals surface area contributed by atoms with Crippen LogP contribution < -0.4 is 5.32 Å². The van der Waals surface area contributed by atoms with Gasteiger partial charge < -0.3 is 10.4 Å². The second-order valence-corrected chi connectivity index (χ2v) is 3.02. The molecule has 100 valence electrons. The second-order valence-electron chi connectivity index (χ2n) is 3.02. The highest BCUT2D eigenvalue weighted by Gasteiger charge is 2.41. The summed E-state index contributed by atoms with van der Waals surface area (Å²) >= 11 is 0. The Balaban J connectivity index is 4.47. The Morgan fingerprint density at radius 1 is 1.12 bits per heavy atom. The van der Waals surface area contributed by atoms with Crippen molar-refractivity contribution in [2.24, 2.45) is 0 Å². The number of hydrogen-bond donors (Lipinski definition) is 2. The zero-order valence-electron chi connectivity index (χ0n) is 8.02. The molecule has 0 aliphatic rings. The van der Waals surface area contributed by atoms with Crippen molar-refractivity contribution < 1.29 is 41.0 Å². The standard InChI is InChI=1S/C7H7F6NO3/c8-6(9,10)2-1-3(4(15)16)14-5(17)7(11,12)13/h3H,1-2H2,(H,14,17)(H,15,16)/t3-/m1/s1. The van der Waals surface area contributed by atoms with Crippen LogP contribution in [0, 0.1) is 0 Å². The molecule has 0 heterocycles. The van der Waals surface area contributed by atoms with Crippen molar-refractivity contribution in [1.29, 1.82) is 0 Å². The lowest BCUT2D eigenvalue weighted by atomic mass is 10.1. The van der Waals surface area contributed by atoms with E-state index < -0.39 is 43.1 Å². The Morgan fingerprint density at radius 2 is 1.59 bits per heavy atom. The fourth-order valence-electron chi connectivity index (χ4n) is 0.805. The molecule has 17 heavy (non-hydrogen) atoms. The Bertz CT molecular complexity index is 297. The summed E-state index contributed by atoms with van der Waals surface area (Å²) in [7, 11) is 0. The molecule has 0 saturated carbocycles. The van der Waals surface area contributed by atoms with E-state index in [1.807, 2.05) is 0 Å². The molecule has 0 rings (SSSR count). The van der Waals surface area contributed by atoms with Gasteiger partial charge in [0.2, 0.25) is 0 Å². The van der Waals surface area contributed by atoms with Crippen LogP contribution in [0.2, 0.25) is 0 Å². The van der Waals surface area contributed by atoms with Gasteiger partial charge in [-0.2, -0.15) is 26.3 Å². The fourth-order valence-corrected chi connectivity index (χ4v) is 0.805. The maximum Gasteiger partial charge on any atom is 0.471 e. The van der Waals surface area contributed by atoms with Crippen LogP contribution in [0.4, 0.5) is 26.3 Å². The first-order valence-corrected chi connectivity index (χ1v) is 4.10. The minimum atomic E-state index is -5.34. The van der Waals surface area contributed by atoms with Crippen LogP contribution >= 0.6 is 0 Å². The van der Waals surface area contributed by atoms with Crippen LogP contribution in [0.3, 0.4) is 0 Å². The van der Waals surface area contributed by atoms with E-state index >= 15 is 0 Å². The molecule has 0 aromatic heterocycles. The Hall–Kier alpha value is -1.48. The summed E-state index contributed by atoms with van der Waals surface area (Å²) in [6.45, 7) is 0. The number of carboxylic acids is 1. The predicted octanol–water partition coefficient (Wildman–Crippen LogP) is 1.46. The first-order chi connectivity index (χ1) is 7.43. The van der Waals surface area contributed by atoms with E-state index in [9.17, 15) is 35.9 Å². The van der Waals surface area contributed by atoms with Crippen molar-refractivity contribution in [3.63, 3.8) is 0 Å². The second kappa shape index (κ2) is 5.23. The third kappa shape index (κ3) is 6.64. The lowest BCUT2D eigenvalue weighted by Gasteiger charge is -2.16. The Kier molecular flexibility index (Phi) is 4.78. The summed E-state index contributed by atoms with van der Waals surface area (Å²) in [5, 5.41) is 9.30. The van der Waals surface area contributed by atoms with Gasteiger partial charge in [-0.05, 0) is 6.42 Å². The fraction of sp³-hybridized carbons (Fsp3) is 0.714. The summed E-state index contributed by atoms with van der Waals surface area (Å²) in [4.78, 5) is 20.7. The quantitative estimate of drug-likeness (QED) is 0.758. The molecule has 1 amide bonds. The van der Waals surface area contributed by atoms with Crippen molar-refractivity contribution in [3.05, 3.63) is 0 Å². The molecule has 0 aromatic rings. The van der Waals surface area contributed by atoms with E-state index in [1.165, 1.54) is 0 Å². The van der Waals surface area contributed by atoms with Crippen LogP contribution in [-0.4, -0.2) is 35.4 Å². The van der Waals surface area contributed by atoms with Crippen LogP contribution in [0.15, 0.2) is 0 Å². The molecule has 0 fully saturated rings. The van der Waals surface area contributed by atoms with Crippen LogP contribution in [0.5, 0.6) is 0 Å². The highest BCUT2D eigenvalue weighted by atomic mass is 19.4. The molecule has 0 saturated heterocycles. The maximum atomic E-state index is 11.7. The number of hydrogen-bond acceptors (Lipinski definition) is 2. The molecule has 1 atom stereocenters. The molecule has 0 aliphatic heterocycles. The maximum absolute atomic E-state index is 11.7. The van der Waals surface area contributed by atoms with Gasteiger partial charge in [0.1, 0.15) is 6.04 Å². The molecule has 0 spiro atoms. The van der Waals surface area contributed by atoms with E-state index in [0.29, 0.717) is 0 Å². The molecule has 10 heteroatoms. The van der Waals surface area contributed by atoms with Gasteiger partial charge in [-0.25, -0.2) is 4.79 Å². The number of alkyl halides is 6. The minimum Gasteiger partial charge on any atom is -0.480 e. The molecule has 0 unspecified atom stereocenters. The Labute approximate surface area is 90.6 Å². The van der Waals surface area contributed by atoms with Gasteiger partial charge in [0.15, 0.2) is 0 Å². The lowest BCUT2D eigenvalue weighted by Crippen LogP contribution is -2.47. The van der Waals surface area contributed by atoms with Gasteiger partial charge in [0, 0.05) is 6.42 Å². The van der Waals surface area contributed by atoms with Gasteiger partial charge in [-0.1, -0.05) is 0 Å². The van der Waals surface area contributed by atoms with Crippen LogP contribution in [0.1, 0.15) is 12.8 Å². The van der Waals surface area contributed by atoms with E-state index in [-0.39, 0.29) is 0 Å². The summed E-state index contributed by atoms with van der Waals surface area (Å²) in [6, 6.07) is -2.23. The number of rotatable bonds is 4. The molecule has 0 aromatic carbocycles. The average Bonchev–Trinajstić information content (AvgIpc) is 2.07. The highest BCUT2D eigenvalue weighted by molar-refractivity contribution is 5.86. The molecular weight excluding hydrogens is 260 g/mol. The molecule has 4 nitrogen and oxygen atoms in total. The average molecular weight is 267 g/mol. The number of nitrogens with one attached hydrogen (secondary N) is 1. The summed E-state index contributed by atoms with van der Waals surface area (Å²) in [5.74, 6) is -4.56. The van der Waals surface area contributed by atoms with E-state index in [1.54, 1.807) is 0 Å². The predicted molar refractivity (Wildman–Crippen MR) is 40.9 cm³/mol. The number of halogens is 6. The summed E-state index contributed by atoms with van der Waals surface area (Å²) in [6.07, 6.45) is -12.8. The van der Waals surface area contributed by atoms with Gasteiger partial charge >= 0.3 is 24.2 Å². The van der Waals surface area contributed by atoms with Crippen molar-refractivity contribution in [3.8, 4) is 0 Å². The monoisotopic (exact) mass is 267 g/mol. The zero-order chi connectivity index (χ0) is 13.9. The highest BCUT2D eigenvalue weighted by Crippen LogP contribution is 2.23. The topological polar surface area (TPSA) is 66.4 Å². The molecule has 2 N–H and O–H groups in total. The number of aliphatic carboxylic acids is 1.